The van der Waals surface area contributed by atoms with Crippen LogP contribution in [0.3, 0.4) is 0 Å². The molecule has 0 aliphatic carbocycles. The fourth-order valence-electron chi connectivity index (χ4n) is 2.47. The van der Waals surface area contributed by atoms with Gasteiger partial charge in [-0.2, -0.15) is 0 Å². The molecule has 114 valence electrons. The molecule has 2 N–H and O–H groups in total. The Kier molecular flexibility index (Phi) is 5.53. The number of rotatable bonds is 7. The van der Waals surface area contributed by atoms with Crippen LogP contribution in [0.2, 0.25) is 0 Å². The lowest BCUT2D eigenvalue weighted by Gasteiger charge is -2.15. The molecule has 4 heteroatoms. The van der Waals surface area contributed by atoms with Gasteiger partial charge >= 0.3 is 0 Å². The molecule has 4 nitrogen and oxygen atoms in total. The van der Waals surface area contributed by atoms with E-state index in [9.17, 15) is 5.11 Å². The van der Waals surface area contributed by atoms with E-state index >= 15 is 0 Å². The molecule has 0 aliphatic rings. The molecule has 2 rings (SSSR count). The number of aryl methyl sites for hydroxylation is 2. The minimum atomic E-state index is 0.0756. The number of benzene rings is 1. The normalized spacial score (nSPS) is 12.6. The van der Waals surface area contributed by atoms with Crippen molar-refractivity contribution in [3.63, 3.8) is 0 Å². The summed E-state index contributed by atoms with van der Waals surface area (Å²) >= 11 is 0. The van der Waals surface area contributed by atoms with Gasteiger partial charge in [0.2, 0.25) is 0 Å². The Balaban J connectivity index is 2.06. The van der Waals surface area contributed by atoms with Crippen molar-refractivity contribution in [2.45, 2.75) is 52.8 Å². The number of aliphatic hydroxyl groups excluding tert-OH is 1. The minimum Gasteiger partial charge on any atom is -0.392 e. The summed E-state index contributed by atoms with van der Waals surface area (Å²) in [6.45, 7) is 7.13. The molecule has 0 saturated carbocycles. The van der Waals surface area contributed by atoms with Gasteiger partial charge in [-0.05, 0) is 24.5 Å². The Morgan fingerprint density at radius 1 is 1.29 bits per heavy atom. The summed E-state index contributed by atoms with van der Waals surface area (Å²) in [4.78, 5) is 0. The van der Waals surface area contributed by atoms with E-state index in [0.29, 0.717) is 0 Å². The zero-order chi connectivity index (χ0) is 15.2. The second kappa shape index (κ2) is 7.38. The van der Waals surface area contributed by atoms with E-state index in [1.54, 1.807) is 0 Å². The van der Waals surface area contributed by atoms with Crippen LogP contribution < -0.4 is 5.32 Å². The van der Waals surface area contributed by atoms with E-state index < -0.39 is 0 Å². The van der Waals surface area contributed by atoms with Gasteiger partial charge in [0.25, 0.3) is 0 Å². The fraction of sp³-hybridized carbons (Fsp3) is 0.471. The van der Waals surface area contributed by atoms with E-state index in [0.717, 1.165) is 36.4 Å². The number of hydrogen-bond acceptors (Lipinski definition) is 4. The minimum absolute atomic E-state index is 0.0756. The summed E-state index contributed by atoms with van der Waals surface area (Å²) in [6, 6.07) is 8.23. The van der Waals surface area contributed by atoms with Gasteiger partial charge in [-0.25, -0.2) is 0 Å². The lowest BCUT2D eigenvalue weighted by molar-refractivity contribution is 0.281. The number of hydrogen-bond donors (Lipinski definition) is 2. The molecule has 1 heterocycles. The molecule has 2 aromatic rings. The molecule has 0 aliphatic heterocycles. The average Bonchev–Trinajstić information content (AvgIpc) is 2.94. The third-order valence-electron chi connectivity index (χ3n) is 3.83. The third-order valence-corrected chi connectivity index (χ3v) is 3.83. The highest BCUT2D eigenvalue weighted by Crippen LogP contribution is 2.19. The Labute approximate surface area is 126 Å². The first-order valence-corrected chi connectivity index (χ1v) is 7.58. The van der Waals surface area contributed by atoms with Crippen LogP contribution in [-0.4, -0.2) is 10.3 Å². The van der Waals surface area contributed by atoms with Crippen LogP contribution in [0.4, 0.5) is 0 Å². The zero-order valence-electron chi connectivity index (χ0n) is 13.0. The van der Waals surface area contributed by atoms with Crippen molar-refractivity contribution in [1.29, 1.82) is 0 Å². The lowest BCUT2D eigenvalue weighted by atomic mass is 10.0. The van der Waals surface area contributed by atoms with Gasteiger partial charge in [0.1, 0.15) is 5.76 Å². The molecule has 0 saturated heterocycles. The van der Waals surface area contributed by atoms with Crippen molar-refractivity contribution in [2.75, 3.05) is 0 Å². The zero-order valence-corrected chi connectivity index (χ0v) is 13.0. The second-order valence-electron chi connectivity index (χ2n) is 5.24. The van der Waals surface area contributed by atoms with Crippen LogP contribution in [0.1, 0.15) is 55.0 Å². The maximum atomic E-state index is 9.22. The Hall–Kier alpha value is -1.65. The summed E-state index contributed by atoms with van der Waals surface area (Å²) in [5.41, 5.74) is 4.34. The molecule has 1 unspecified atom stereocenters. The number of nitrogens with one attached hydrogen (secondary N) is 1. The molecular formula is C17H24N2O2. The van der Waals surface area contributed by atoms with Crippen LogP contribution in [0.5, 0.6) is 0 Å². The van der Waals surface area contributed by atoms with E-state index in [2.05, 4.69) is 37.3 Å². The van der Waals surface area contributed by atoms with Gasteiger partial charge in [-0.3, -0.25) is 0 Å². The second-order valence-corrected chi connectivity index (χ2v) is 5.24. The number of aliphatic hydroxyl groups is 1. The van der Waals surface area contributed by atoms with Crippen molar-refractivity contribution in [2.24, 2.45) is 0 Å². The third kappa shape index (κ3) is 3.71. The van der Waals surface area contributed by atoms with E-state index in [4.69, 9.17) is 4.52 Å². The largest absolute Gasteiger partial charge is 0.392 e. The van der Waals surface area contributed by atoms with Crippen LogP contribution in [0.15, 0.2) is 28.8 Å². The standard InChI is InChI=1S/C17H24N2O2/c1-4-16-15(17(5-2)21-19-16)10-18-12(3)14-8-6-7-13(9-14)11-20/h6-9,12,18,20H,4-5,10-11H2,1-3H3. The number of aromatic nitrogens is 1. The summed E-state index contributed by atoms with van der Waals surface area (Å²) in [7, 11) is 0. The molecule has 1 aromatic carbocycles. The predicted octanol–water partition coefficient (Wildman–Crippen LogP) is 3.14. The van der Waals surface area contributed by atoms with Gasteiger partial charge in [-0.15, -0.1) is 0 Å². The Morgan fingerprint density at radius 2 is 2.10 bits per heavy atom. The molecule has 0 bridgehead atoms. The van der Waals surface area contributed by atoms with Crippen LogP contribution in [0.25, 0.3) is 0 Å². The molecule has 0 fully saturated rings. The quantitative estimate of drug-likeness (QED) is 0.821. The van der Waals surface area contributed by atoms with Crippen molar-refractivity contribution >= 4 is 0 Å². The highest BCUT2D eigenvalue weighted by atomic mass is 16.5. The highest BCUT2D eigenvalue weighted by molar-refractivity contribution is 5.26. The maximum absolute atomic E-state index is 9.22. The number of nitrogens with zero attached hydrogens (tertiary/aromatic N) is 1. The summed E-state index contributed by atoms with van der Waals surface area (Å²) in [6.07, 6.45) is 1.74. The van der Waals surface area contributed by atoms with Crippen molar-refractivity contribution < 1.29 is 9.63 Å². The first-order valence-electron chi connectivity index (χ1n) is 7.58. The molecule has 21 heavy (non-hydrogen) atoms. The molecule has 0 amide bonds. The first kappa shape index (κ1) is 15.7. The van der Waals surface area contributed by atoms with Gasteiger partial charge in [-0.1, -0.05) is 43.3 Å². The Bertz CT molecular complexity index is 556. The summed E-state index contributed by atoms with van der Waals surface area (Å²) in [5.74, 6) is 0.968. The van der Waals surface area contributed by atoms with E-state index in [-0.39, 0.29) is 12.6 Å². The van der Waals surface area contributed by atoms with Crippen molar-refractivity contribution in [3.05, 3.63) is 52.4 Å². The smallest absolute Gasteiger partial charge is 0.141 e. The van der Waals surface area contributed by atoms with E-state index in [1.807, 2.05) is 18.2 Å². The Morgan fingerprint density at radius 3 is 2.76 bits per heavy atom. The highest BCUT2D eigenvalue weighted by Gasteiger charge is 2.14. The molecule has 0 radical (unpaired) electrons. The van der Waals surface area contributed by atoms with Crippen molar-refractivity contribution in [3.8, 4) is 0 Å². The van der Waals surface area contributed by atoms with Gasteiger partial charge in [0.15, 0.2) is 0 Å². The predicted molar refractivity (Wildman–Crippen MR) is 82.9 cm³/mol. The topological polar surface area (TPSA) is 58.3 Å². The molecule has 0 spiro atoms. The summed E-state index contributed by atoms with van der Waals surface area (Å²) in [5, 5.41) is 16.9. The maximum Gasteiger partial charge on any atom is 0.141 e. The molecule has 1 aromatic heterocycles. The van der Waals surface area contributed by atoms with E-state index in [1.165, 1.54) is 11.1 Å². The average molecular weight is 288 g/mol. The first-order chi connectivity index (χ1) is 10.2. The lowest BCUT2D eigenvalue weighted by Crippen LogP contribution is -2.19. The fourth-order valence-corrected chi connectivity index (χ4v) is 2.47. The van der Waals surface area contributed by atoms with Gasteiger partial charge in [0.05, 0.1) is 12.3 Å². The van der Waals surface area contributed by atoms with Crippen LogP contribution in [-0.2, 0) is 26.0 Å². The molecule has 1 atom stereocenters. The van der Waals surface area contributed by atoms with Crippen molar-refractivity contribution in [1.82, 2.24) is 10.5 Å². The summed E-state index contributed by atoms with van der Waals surface area (Å²) < 4.78 is 5.39. The SMILES string of the molecule is CCc1noc(CC)c1CNC(C)c1cccc(CO)c1. The monoisotopic (exact) mass is 288 g/mol. The van der Waals surface area contributed by atoms with Crippen LogP contribution in [0, 0.1) is 0 Å². The molecular weight excluding hydrogens is 264 g/mol. The van der Waals surface area contributed by atoms with Crippen LogP contribution >= 0.6 is 0 Å². The van der Waals surface area contributed by atoms with Gasteiger partial charge in [0, 0.05) is 24.6 Å². The van der Waals surface area contributed by atoms with Gasteiger partial charge < -0.3 is 14.9 Å².